The van der Waals surface area contributed by atoms with Crippen LogP contribution in [0.1, 0.15) is 49.8 Å². The highest BCUT2D eigenvalue weighted by Gasteiger charge is 2.31. The molecule has 0 unspecified atom stereocenters. The fourth-order valence-electron chi connectivity index (χ4n) is 4.63. The zero-order valence-corrected chi connectivity index (χ0v) is 26.1. The summed E-state index contributed by atoms with van der Waals surface area (Å²) in [6, 6.07) is 19.4. The fourth-order valence-corrected chi connectivity index (χ4v) is 5.82. The number of nitrogens with zero attached hydrogens (tertiary/aromatic N) is 2. The lowest BCUT2D eigenvalue weighted by atomic mass is 10.0. The van der Waals surface area contributed by atoms with Crippen molar-refractivity contribution in [3.63, 3.8) is 0 Å². The molecule has 42 heavy (non-hydrogen) atoms. The van der Waals surface area contributed by atoms with E-state index in [4.69, 9.17) is 11.6 Å². The first-order chi connectivity index (χ1) is 19.9. The Balaban J connectivity index is 1.90. The number of carbonyl (C=O) groups excluding carboxylic acids is 2. The van der Waals surface area contributed by atoms with Gasteiger partial charge < -0.3 is 10.2 Å². The lowest BCUT2D eigenvalue weighted by Crippen LogP contribution is -2.52. The van der Waals surface area contributed by atoms with E-state index in [9.17, 15) is 22.4 Å². The molecule has 0 saturated carbocycles. The Morgan fingerprint density at radius 3 is 2.26 bits per heavy atom. The molecule has 0 aliphatic rings. The van der Waals surface area contributed by atoms with Gasteiger partial charge >= 0.3 is 0 Å². The van der Waals surface area contributed by atoms with Gasteiger partial charge in [-0.3, -0.25) is 13.9 Å². The molecule has 0 aliphatic heterocycles. The Labute approximate surface area is 253 Å². The predicted molar refractivity (Wildman–Crippen MR) is 166 cm³/mol. The van der Waals surface area contributed by atoms with Gasteiger partial charge in [-0.15, -0.1) is 0 Å². The Kier molecular flexibility index (Phi) is 11.9. The van der Waals surface area contributed by atoms with E-state index in [0.29, 0.717) is 21.8 Å². The van der Waals surface area contributed by atoms with Crippen LogP contribution in [0.5, 0.6) is 0 Å². The molecule has 1 N–H and O–H groups in total. The summed E-state index contributed by atoms with van der Waals surface area (Å²) in [7, 11) is -3.66. The van der Waals surface area contributed by atoms with Gasteiger partial charge in [0, 0.05) is 37.0 Å². The van der Waals surface area contributed by atoms with Crippen LogP contribution in [0, 0.1) is 12.7 Å². The van der Waals surface area contributed by atoms with Gasteiger partial charge in [0.25, 0.3) is 0 Å². The summed E-state index contributed by atoms with van der Waals surface area (Å²) in [5.74, 6) is -0.990. The van der Waals surface area contributed by atoms with E-state index in [1.54, 1.807) is 37.3 Å². The number of amides is 2. The van der Waals surface area contributed by atoms with Gasteiger partial charge in [-0.05, 0) is 67.6 Å². The Hall–Kier alpha value is -3.43. The van der Waals surface area contributed by atoms with Gasteiger partial charge in [0.1, 0.15) is 11.9 Å². The number of nitrogens with one attached hydrogen (secondary N) is 1. The summed E-state index contributed by atoms with van der Waals surface area (Å²) in [5.41, 5.74) is 2.64. The maximum Gasteiger partial charge on any atom is 0.243 e. The average molecular weight is 616 g/mol. The van der Waals surface area contributed by atoms with Gasteiger partial charge in [-0.25, -0.2) is 12.8 Å². The molecule has 0 bridgehead atoms. The van der Waals surface area contributed by atoms with E-state index in [0.717, 1.165) is 18.2 Å². The molecule has 7 nitrogen and oxygen atoms in total. The molecular weight excluding hydrogens is 577 g/mol. The minimum atomic E-state index is -3.66. The van der Waals surface area contributed by atoms with Crippen LogP contribution in [-0.2, 0) is 32.6 Å². The van der Waals surface area contributed by atoms with Crippen LogP contribution < -0.4 is 9.62 Å². The second-order valence-electron chi connectivity index (χ2n) is 10.5. The topological polar surface area (TPSA) is 86.8 Å². The number of benzene rings is 3. The summed E-state index contributed by atoms with van der Waals surface area (Å²) in [5, 5.41) is 3.46. The van der Waals surface area contributed by atoms with Crippen molar-refractivity contribution in [1.29, 1.82) is 0 Å². The highest BCUT2D eigenvalue weighted by Crippen LogP contribution is 2.28. The zero-order valence-electron chi connectivity index (χ0n) is 24.5. The van der Waals surface area contributed by atoms with Crippen LogP contribution in [0.15, 0.2) is 72.8 Å². The number of anilines is 1. The molecule has 2 atom stereocenters. The minimum Gasteiger partial charge on any atom is -0.352 e. The molecule has 10 heteroatoms. The molecule has 0 aliphatic carbocycles. The van der Waals surface area contributed by atoms with Crippen molar-refractivity contribution in [2.45, 2.75) is 65.1 Å². The fraction of sp³-hybridized carbons (Fsp3) is 0.375. The molecule has 3 aromatic carbocycles. The normalized spacial score (nSPS) is 12.8. The molecule has 226 valence electrons. The first kappa shape index (κ1) is 33.1. The molecule has 0 saturated heterocycles. The van der Waals surface area contributed by atoms with E-state index in [2.05, 4.69) is 5.32 Å². The molecule has 3 aromatic rings. The Morgan fingerprint density at radius 1 is 0.976 bits per heavy atom. The SMILES string of the molecule is CC[C@H](C)NC(=O)[C@@H](Cc1ccccc1)N(Cc1ccc(F)cc1)C(=O)CCCN(c1cccc(Cl)c1C)S(C)(=O)=O. The third-order valence-electron chi connectivity index (χ3n) is 7.20. The first-order valence-corrected chi connectivity index (χ1v) is 16.2. The van der Waals surface area contributed by atoms with Crippen molar-refractivity contribution >= 4 is 39.1 Å². The highest BCUT2D eigenvalue weighted by atomic mass is 35.5. The summed E-state index contributed by atoms with van der Waals surface area (Å²) in [6.45, 7) is 5.76. The molecule has 0 spiro atoms. The largest absolute Gasteiger partial charge is 0.352 e. The number of halogens is 2. The van der Waals surface area contributed by atoms with Crippen molar-refractivity contribution in [2.24, 2.45) is 0 Å². The number of rotatable bonds is 14. The van der Waals surface area contributed by atoms with E-state index < -0.39 is 21.9 Å². The van der Waals surface area contributed by atoms with Crippen LogP contribution in [0.4, 0.5) is 10.1 Å². The lowest BCUT2D eigenvalue weighted by molar-refractivity contribution is -0.141. The third kappa shape index (κ3) is 9.29. The second kappa shape index (κ2) is 15.2. The predicted octanol–water partition coefficient (Wildman–Crippen LogP) is 5.89. The van der Waals surface area contributed by atoms with Gasteiger partial charge in [0.05, 0.1) is 11.9 Å². The summed E-state index contributed by atoms with van der Waals surface area (Å²) < 4.78 is 40.3. The van der Waals surface area contributed by atoms with Crippen LogP contribution in [0.2, 0.25) is 5.02 Å². The summed E-state index contributed by atoms with van der Waals surface area (Å²) in [4.78, 5) is 29.0. The molecule has 0 heterocycles. The number of hydrogen-bond acceptors (Lipinski definition) is 4. The molecule has 0 aromatic heterocycles. The molecule has 2 amide bonds. The van der Waals surface area contributed by atoms with Gasteiger partial charge in [0.2, 0.25) is 21.8 Å². The van der Waals surface area contributed by atoms with Gasteiger partial charge in [-0.1, -0.05) is 67.1 Å². The van der Waals surface area contributed by atoms with E-state index in [1.165, 1.54) is 21.3 Å². The summed E-state index contributed by atoms with van der Waals surface area (Å²) in [6.07, 6.45) is 2.33. The Bertz CT molecular complexity index is 1450. The first-order valence-electron chi connectivity index (χ1n) is 14.0. The molecule has 0 fully saturated rings. The number of hydrogen-bond donors (Lipinski definition) is 1. The van der Waals surface area contributed by atoms with Crippen LogP contribution in [0.3, 0.4) is 0 Å². The van der Waals surface area contributed by atoms with Crippen LogP contribution in [0.25, 0.3) is 0 Å². The van der Waals surface area contributed by atoms with Crippen molar-refractivity contribution in [3.8, 4) is 0 Å². The summed E-state index contributed by atoms with van der Waals surface area (Å²) >= 11 is 6.25. The monoisotopic (exact) mass is 615 g/mol. The smallest absolute Gasteiger partial charge is 0.243 e. The zero-order chi connectivity index (χ0) is 30.9. The van der Waals surface area contributed by atoms with Crippen molar-refractivity contribution in [1.82, 2.24) is 10.2 Å². The minimum absolute atomic E-state index is 0.00523. The van der Waals surface area contributed by atoms with Gasteiger partial charge in [0.15, 0.2) is 0 Å². The third-order valence-corrected chi connectivity index (χ3v) is 8.79. The van der Waals surface area contributed by atoms with Gasteiger partial charge in [-0.2, -0.15) is 0 Å². The maximum atomic E-state index is 13.9. The molecule has 0 radical (unpaired) electrons. The lowest BCUT2D eigenvalue weighted by Gasteiger charge is -2.33. The molecular formula is C32H39ClFN3O4S. The van der Waals surface area contributed by atoms with Crippen molar-refractivity contribution < 1.29 is 22.4 Å². The van der Waals surface area contributed by atoms with E-state index in [1.807, 2.05) is 44.2 Å². The standard InChI is InChI=1S/C32H39ClFN3O4S/c1-5-23(2)35-32(39)30(21-25-11-7-6-8-12-25)36(22-26-16-18-27(34)19-17-26)31(38)15-10-20-37(42(4,40)41)29-14-9-13-28(33)24(29)3/h6-9,11-14,16-19,23,30H,5,10,15,20-22H2,1-4H3,(H,35,39)/t23-,30+/m0/s1. The number of carbonyl (C=O) groups is 2. The molecule has 3 rings (SSSR count). The quantitative estimate of drug-likeness (QED) is 0.245. The van der Waals surface area contributed by atoms with E-state index in [-0.39, 0.29) is 50.2 Å². The average Bonchev–Trinajstić information content (AvgIpc) is 2.95. The Morgan fingerprint density at radius 2 is 1.64 bits per heavy atom. The maximum absolute atomic E-state index is 13.9. The number of sulfonamides is 1. The van der Waals surface area contributed by atoms with E-state index >= 15 is 0 Å². The van der Waals surface area contributed by atoms with Crippen LogP contribution in [-0.4, -0.2) is 50.0 Å². The van der Waals surface area contributed by atoms with Crippen molar-refractivity contribution in [3.05, 3.63) is 100 Å². The highest BCUT2D eigenvalue weighted by molar-refractivity contribution is 7.92. The van der Waals surface area contributed by atoms with Crippen LogP contribution >= 0.6 is 11.6 Å². The van der Waals surface area contributed by atoms with Crippen molar-refractivity contribution in [2.75, 3.05) is 17.1 Å². The second-order valence-corrected chi connectivity index (χ2v) is 12.8.